The van der Waals surface area contributed by atoms with Crippen LogP contribution >= 0.6 is 0 Å². The molecule has 9 heavy (non-hydrogen) atoms. The fourth-order valence-corrected chi connectivity index (χ4v) is 1.13. The Morgan fingerprint density at radius 1 is 1.11 bits per heavy atom. The largest absolute Gasteiger partial charge is 0.303 e. The summed E-state index contributed by atoms with van der Waals surface area (Å²) < 4.78 is 0. The molecule has 1 aliphatic carbocycles. The molecule has 0 spiro atoms. The molecular formula is C7H10O2. The summed E-state index contributed by atoms with van der Waals surface area (Å²) in [6, 6.07) is 0. The Kier molecular flexibility index (Phi) is 1.98. The highest BCUT2D eigenvalue weighted by Gasteiger charge is 2.35. The van der Waals surface area contributed by atoms with Crippen molar-refractivity contribution in [2.75, 3.05) is 0 Å². The van der Waals surface area contributed by atoms with E-state index in [4.69, 9.17) is 0 Å². The summed E-state index contributed by atoms with van der Waals surface area (Å²) in [6.07, 6.45) is 4.26. The fraction of sp³-hybridized carbons (Fsp3) is 0.714. The first kappa shape index (κ1) is 6.46. The third-order valence-electron chi connectivity index (χ3n) is 1.87. The van der Waals surface area contributed by atoms with Gasteiger partial charge in [0.1, 0.15) is 12.6 Å². The molecule has 0 unspecified atom stereocenters. The van der Waals surface area contributed by atoms with E-state index in [0.717, 1.165) is 19.0 Å². The molecule has 2 nitrogen and oxygen atoms in total. The molecule has 0 bridgehead atoms. The zero-order valence-corrected chi connectivity index (χ0v) is 5.25. The molecule has 0 N–H and O–H groups in total. The maximum absolute atomic E-state index is 9.92. The van der Waals surface area contributed by atoms with Crippen LogP contribution in [0.1, 0.15) is 19.3 Å². The molecule has 1 fully saturated rings. The standard InChI is InChI=1S/C7H10O2/c8-3-1-6-5-7(6)2-4-9/h3-4,6-7H,1-2,5H2/t6-,7+. The van der Waals surface area contributed by atoms with E-state index in [9.17, 15) is 9.59 Å². The molecule has 1 rings (SSSR count). The highest BCUT2D eigenvalue weighted by Crippen LogP contribution is 2.42. The number of aldehydes is 2. The number of rotatable bonds is 4. The zero-order valence-electron chi connectivity index (χ0n) is 5.25. The SMILES string of the molecule is O=CC[C@@H]1C[C@@H]1CC=O. The Hall–Kier alpha value is -0.660. The molecule has 2 atom stereocenters. The summed E-state index contributed by atoms with van der Waals surface area (Å²) in [7, 11) is 0. The summed E-state index contributed by atoms with van der Waals surface area (Å²) in [6.45, 7) is 0. The van der Waals surface area contributed by atoms with Gasteiger partial charge in [-0.05, 0) is 18.3 Å². The molecule has 0 radical (unpaired) electrons. The average Bonchev–Trinajstić information content (AvgIpc) is 2.50. The van der Waals surface area contributed by atoms with Gasteiger partial charge in [-0.3, -0.25) is 0 Å². The third kappa shape index (κ3) is 1.63. The Labute approximate surface area is 54.2 Å². The molecule has 1 aliphatic rings. The van der Waals surface area contributed by atoms with E-state index in [1.807, 2.05) is 0 Å². The van der Waals surface area contributed by atoms with Crippen molar-refractivity contribution >= 4 is 12.6 Å². The van der Waals surface area contributed by atoms with E-state index in [-0.39, 0.29) is 0 Å². The van der Waals surface area contributed by atoms with Crippen LogP contribution < -0.4 is 0 Å². The van der Waals surface area contributed by atoms with E-state index in [0.29, 0.717) is 24.7 Å². The maximum Gasteiger partial charge on any atom is 0.120 e. The van der Waals surface area contributed by atoms with Crippen molar-refractivity contribution in [3.8, 4) is 0 Å². The van der Waals surface area contributed by atoms with E-state index >= 15 is 0 Å². The maximum atomic E-state index is 9.92. The Morgan fingerprint density at radius 3 is 1.89 bits per heavy atom. The van der Waals surface area contributed by atoms with Crippen LogP contribution in [0.4, 0.5) is 0 Å². The second-order valence-corrected chi connectivity index (χ2v) is 2.56. The summed E-state index contributed by atoms with van der Waals surface area (Å²) in [5.41, 5.74) is 0. The lowest BCUT2D eigenvalue weighted by molar-refractivity contribution is -0.109. The van der Waals surface area contributed by atoms with Crippen LogP contribution in [0.25, 0.3) is 0 Å². The van der Waals surface area contributed by atoms with Crippen molar-refractivity contribution in [1.82, 2.24) is 0 Å². The first-order chi connectivity index (χ1) is 4.38. The van der Waals surface area contributed by atoms with Crippen LogP contribution in [-0.4, -0.2) is 12.6 Å². The minimum atomic E-state index is 0.535. The van der Waals surface area contributed by atoms with Crippen molar-refractivity contribution in [2.24, 2.45) is 11.8 Å². The molecule has 0 aromatic rings. The summed E-state index contributed by atoms with van der Waals surface area (Å²) in [5, 5.41) is 0. The van der Waals surface area contributed by atoms with Crippen molar-refractivity contribution in [1.29, 1.82) is 0 Å². The quantitative estimate of drug-likeness (QED) is 0.522. The van der Waals surface area contributed by atoms with Gasteiger partial charge >= 0.3 is 0 Å². The summed E-state index contributed by atoms with van der Waals surface area (Å²) in [5.74, 6) is 1.07. The van der Waals surface area contributed by atoms with Gasteiger partial charge in [-0.2, -0.15) is 0 Å². The smallest absolute Gasteiger partial charge is 0.120 e. The highest BCUT2D eigenvalue weighted by atomic mass is 16.1. The Bertz CT molecular complexity index is 106. The molecule has 0 aromatic heterocycles. The minimum absolute atomic E-state index is 0.535. The normalized spacial score (nSPS) is 31.6. The topological polar surface area (TPSA) is 34.1 Å². The zero-order chi connectivity index (χ0) is 6.69. The molecule has 0 aliphatic heterocycles. The predicted molar refractivity (Wildman–Crippen MR) is 33.0 cm³/mol. The first-order valence-corrected chi connectivity index (χ1v) is 3.25. The fourth-order valence-electron chi connectivity index (χ4n) is 1.13. The number of hydrogen-bond donors (Lipinski definition) is 0. The van der Waals surface area contributed by atoms with Gasteiger partial charge in [0.15, 0.2) is 0 Å². The van der Waals surface area contributed by atoms with Crippen molar-refractivity contribution in [3.63, 3.8) is 0 Å². The van der Waals surface area contributed by atoms with E-state index in [1.165, 1.54) is 0 Å². The lowest BCUT2D eigenvalue weighted by Crippen LogP contribution is -1.84. The van der Waals surface area contributed by atoms with Gasteiger partial charge in [-0.1, -0.05) is 0 Å². The van der Waals surface area contributed by atoms with Crippen LogP contribution in [0.15, 0.2) is 0 Å². The predicted octanol–water partition coefficient (Wildman–Crippen LogP) is 0.800. The van der Waals surface area contributed by atoms with Crippen molar-refractivity contribution in [3.05, 3.63) is 0 Å². The second-order valence-electron chi connectivity index (χ2n) is 2.56. The lowest BCUT2D eigenvalue weighted by Gasteiger charge is -1.84. The molecular weight excluding hydrogens is 116 g/mol. The van der Waals surface area contributed by atoms with Gasteiger partial charge in [0.25, 0.3) is 0 Å². The molecule has 0 aromatic carbocycles. The Balaban J connectivity index is 2.09. The monoisotopic (exact) mass is 126 g/mol. The van der Waals surface area contributed by atoms with E-state index in [1.54, 1.807) is 0 Å². The second kappa shape index (κ2) is 2.76. The van der Waals surface area contributed by atoms with Crippen LogP contribution in [0.2, 0.25) is 0 Å². The van der Waals surface area contributed by atoms with Gasteiger partial charge in [-0.25, -0.2) is 0 Å². The average molecular weight is 126 g/mol. The van der Waals surface area contributed by atoms with Gasteiger partial charge in [0.2, 0.25) is 0 Å². The van der Waals surface area contributed by atoms with Crippen LogP contribution in [-0.2, 0) is 9.59 Å². The minimum Gasteiger partial charge on any atom is -0.303 e. The number of carbonyl (C=O) groups is 2. The summed E-state index contributed by atoms with van der Waals surface area (Å²) in [4.78, 5) is 19.8. The van der Waals surface area contributed by atoms with Gasteiger partial charge in [0.05, 0.1) is 0 Å². The van der Waals surface area contributed by atoms with Crippen LogP contribution in [0.5, 0.6) is 0 Å². The lowest BCUT2D eigenvalue weighted by atomic mass is 10.2. The molecule has 0 amide bonds. The van der Waals surface area contributed by atoms with Crippen LogP contribution in [0, 0.1) is 11.8 Å². The third-order valence-corrected chi connectivity index (χ3v) is 1.87. The number of carbonyl (C=O) groups excluding carboxylic acids is 2. The van der Waals surface area contributed by atoms with Gasteiger partial charge in [-0.15, -0.1) is 0 Å². The van der Waals surface area contributed by atoms with Gasteiger partial charge < -0.3 is 9.59 Å². The first-order valence-electron chi connectivity index (χ1n) is 3.25. The molecule has 0 heterocycles. The molecule has 0 saturated heterocycles. The number of hydrogen-bond acceptors (Lipinski definition) is 2. The highest BCUT2D eigenvalue weighted by molar-refractivity contribution is 5.53. The van der Waals surface area contributed by atoms with Crippen molar-refractivity contribution in [2.45, 2.75) is 19.3 Å². The van der Waals surface area contributed by atoms with Crippen molar-refractivity contribution < 1.29 is 9.59 Å². The van der Waals surface area contributed by atoms with Crippen LogP contribution in [0.3, 0.4) is 0 Å². The summed E-state index contributed by atoms with van der Waals surface area (Å²) >= 11 is 0. The van der Waals surface area contributed by atoms with E-state index < -0.39 is 0 Å². The van der Waals surface area contributed by atoms with Gasteiger partial charge in [0, 0.05) is 12.8 Å². The Morgan fingerprint density at radius 2 is 1.56 bits per heavy atom. The molecule has 2 heteroatoms. The van der Waals surface area contributed by atoms with E-state index in [2.05, 4.69) is 0 Å². The molecule has 1 saturated carbocycles. The molecule has 50 valence electrons.